The molecule has 7 heteroatoms. The van der Waals surface area contributed by atoms with Gasteiger partial charge in [0.2, 0.25) is 5.75 Å². The third kappa shape index (κ3) is 3.42. The zero-order valence-corrected chi connectivity index (χ0v) is 15.0. The maximum Gasteiger partial charge on any atom is 0.205 e. The first-order chi connectivity index (χ1) is 12.1. The monoisotopic (exact) mass is 347 g/mol. The number of nitrogens with one attached hydrogen (secondary N) is 1. The van der Waals surface area contributed by atoms with E-state index in [1.165, 1.54) is 12.7 Å². The fourth-order valence-corrected chi connectivity index (χ4v) is 3.44. The van der Waals surface area contributed by atoms with Gasteiger partial charge in [-0.2, -0.15) is 0 Å². The first-order valence-electron chi connectivity index (χ1n) is 8.52. The van der Waals surface area contributed by atoms with Gasteiger partial charge in [0.05, 0.1) is 32.3 Å². The van der Waals surface area contributed by atoms with Gasteiger partial charge in [-0.05, 0) is 18.9 Å². The highest BCUT2D eigenvalue weighted by atomic mass is 16.5. The molecule has 0 amide bonds. The molecule has 1 saturated carbocycles. The van der Waals surface area contributed by atoms with E-state index in [0.29, 0.717) is 35.1 Å². The van der Waals surface area contributed by atoms with Gasteiger partial charge in [0.1, 0.15) is 17.7 Å². The molecule has 1 fully saturated rings. The molecular formula is C18H25N3O4. The van der Waals surface area contributed by atoms with Crippen LogP contribution in [0.15, 0.2) is 12.4 Å². The van der Waals surface area contributed by atoms with Gasteiger partial charge >= 0.3 is 0 Å². The molecule has 0 unspecified atom stereocenters. The maximum atomic E-state index is 10.7. The van der Waals surface area contributed by atoms with E-state index in [4.69, 9.17) is 14.2 Å². The van der Waals surface area contributed by atoms with Gasteiger partial charge in [-0.3, -0.25) is 0 Å². The largest absolute Gasteiger partial charge is 0.493 e. The topological polar surface area (TPSA) is 85.7 Å². The minimum absolute atomic E-state index is 0.454. The summed E-state index contributed by atoms with van der Waals surface area (Å²) >= 11 is 0. The molecule has 2 aromatic rings. The van der Waals surface area contributed by atoms with E-state index in [0.717, 1.165) is 31.1 Å². The lowest BCUT2D eigenvalue weighted by molar-refractivity contribution is 0.0167. The minimum Gasteiger partial charge on any atom is -0.493 e. The van der Waals surface area contributed by atoms with Crippen LogP contribution in [-0.2, 0) is 0 Å². The van der Waals surface area contributed by atoms with E-state index in [1.54, 1.807) is 21.3 Å². The van der Waals surface area contributed by atoms with Crippen molar-refractivity contribution in [1.82, 2.24) is 9.97 Å². The molecule has 136 valence electrons. The highest BCUT2D eigenvalue weighted by molar-refractivity contribution is 5.96. The number of hydrogen-bond donors (Lipinski definition) is 2. The summed E-state index contributed by atoms with van der Waals surface area (Å²) in [5, 5.41) is 14.8. The number of ether oxygens (including phenoxy) is 3. The molecule has 0 saturated heterocycles. The van der Waals surface area contributed by atoms with Crippen LogP contribution in [0.3, 0.4) is 0 Å². The summed E-state index contributed by atoms with van der Waals surface area (Å²) in [6, 6.07) is 1.82. The van der Waals surface area contributed by atoms with E-state index in [1.807, 2.05) is 6.07 Å². The van der Waals surface area contributed by atoms with Crippen molar-refractivity contribution < 1.29 is 19.3 Å². The van der Waals surface area contributed by atoms with E-state index >= 15 is 0 Å². The quantitative estimate of drug-likeness (QED) is 0.831. The number of methoxy groups -OCH3 is 3. The average Bonchev–Trinajstić information content (AvgIpc) is 2.65. The Morgan fingerprint density at radius 3 is 2.40 bits per heavy atom. The highest BCUT2D eigenvalue weighted by Crippen LogP contribution is 2.43. The van der Waals surface area contributed by atoms with Crippen molar-refractivity contribution in [2.24, 2.45) is 0 Å². The van der Waals surface area contributed by atoms with E-state index in [-0.39, 0.29) is 0 Å². The van der Waals surface area contributed by atoms with Crippen LogP contribution in [0, 0.1) is 0 Å². The smallest absolute Gasteiger partial charge is 0.205 e. The summed E-state index contributed by atoms with van der Waals surface area (Å²) in [5.41, 5.74) is -0.0517. The second-order valence-corrected chi connectivity index (χ2v) is 6.40. The van der Waals surface area contributed by atoms with Crippen molar-refractivity contribution in [2.75, 3.05) is 33.2 Å². The lowest BCUT2D eigenvalue weighted by atomic mass is 9.85. The average molecular weight is 347 g/mol. The molecular weight excluding hydrogens is 322 g/mol. The number of fused-ring (bicyclic) bond motifs is 1. The molecule has 3 rings (SSSR count). The molecule has 1 heterocycles. The summed E-state index contributed by atoms with van der Waals surface area (Å²) in [6.07, 6.45) is 6.40. The van der Waals surface area contributed by atoms with Gasteiger partial charge in [-0.15, -0.1) is 0 Å². The number of rotatable bonds is 6. The van der Waals surface area contributed by atoms with Crippen LogP contribution < -0.4 is 19.5 Å². The Bertz CT molecular complexity index is 745. The van der Waals surface area contributed by atoms with E-state index < -0.39 is 5.60 Å². The second kappa shape index (κ2) is 7.31. The predicted molar refractivity (Wildman–Crippen MR) is 95.7 cm³/mol. The zero-order valence-electron chi connectivity index (χ0n) is 15.0. The Kier molecular flexibility index (Phi) is 5.13. The molecule has 7 nitrogen and oxygen atoms in total. The molecule has 1 aliphatic rings. The van der Waals surface area contributed by atoms with Gasteiger partial charge in [-0.1, -0.05) is 19.3 Å². The maximum absolute atomic E-state index is 10.7. The SMILES string of the molecule is COc1cc2c(NCC3(O)CCCCC3)ncnc2c(OC)c1OC. The molecule has 1 aromatic heterocycles. The van der Waals surface area contributed by atoms with Crippen LogP contribution in [-0.4, -0.2) is 48.5 Å². The molecule has 0 radical (unpaired) electrons. The molecule has 0 bridgehead atoms. The van der Waals surface area contributed by atoms with Crippen LogP contribution in [0.2, 0.25) is 0 Å². The minimum atomic E-state index is -0.684. The number of hydrogen-bond acceptors (Lipinski definition) is 7. The lowest BCUT2D eigenvalue weighted by Gasteiger charge is -2.32. The van der Waals surface area contributed by atoms with Crippen LogP contribution in [0.4, 0.5) is 5.82 Å². The van der Waals surface area contributed by atoms with Crippen molar-refractivity contribution in [3.8, 4) is 17.2 Å². The van der Waals surface area contributed by atoms with Gasteiger partial charge in [0.15, 0.2) is 11.5 Å². The standard InChI is InChI=1S/C18H25N3O4/c1-23-13-9-12-14(16(25-3)15(13)24-2)20-11-21-17(12)19-10-18(22)7-5-4-6-8-18/h9,11,22H,4-8,10H2,1-3H3,(H,19,20,21). The number of anilines is 1. The van der Waals surface area contributed by atoms with E-state index in [9.17, 15) is 5.11 Å². The Balaban J connectivity index is 1.98. The summed E-state index contributed by atoms with van der Waals surface area (Å²) in [5.74, 6) is 2.18. The van der Waals surface area contributed by atoms with Crippen LogP contribution in [0.5, 0.6) is 17.2 Å². The number of aliphatic hydroxyl groups is 1. The van der Waals surface area contributed by atoms with Crippen LogP contribution in [0.1, 0.15) is 32.1 Å². The molecule has 0 aliphatic heterocycles. The highest BCUT2D eigenvalue weighted by Gasteiger charge is 2.29. The summed E-state index contributed by atoms with van der Waals surface area (Å²) < 4.78 is 16.3. The second-order valence-electron chi connectivity index (χ2n) is 6.40. The fourth-order valence-electron chi connectivity index (χ4n) is 3.44. The lowest BCUT2D eigenvalue weighted by Crippen LogP contribution is -2.39. The van der Waals surface area contributed by atoms with Gasteiger partial charge in [0, 0.05) is 6.54 Å². The van der Waals surface area contributed by atoms with E-state index in [2.05, 4.69) is 15.3 Å². The summed E-state index contributed by atoms with van der Waals surface area (Å²) in [6.45, 7) is 0.454. The Labute approximate surface area is 147 Å². The number of aromatic nitrogens is 2. The third-order valence-electron chi connectivity index (χ3n) is 4.80. The first-order valence-corrected chi connectivity index (χ1v) is 8.52. The van der Waals surface area contributed by atoms with Crippen molar-refractivity contribution in [3.05, 3.63) is 12.4 Å². The Hall–Kier alpha value is -2.28. The van der Waals surface area contributed by atoms with Gasteiger partial charge in [0.25, 0.3) is 0 Å². The fraction of sp³-hybridized carbons (Fsp3) is 0.556. The molecule has 1 aromatic carbocycles. The predicted octanol–water partition coefficient (Wildman–Crippen LogP) is 2.76. The van der Waals surface area contributed by atoms with Crippen LogP contribution in [0.25, 0.3) is 10.9 Å². The van der Waals surface area contributed by atoms with Crippen molar-refractivity contribution >= 4 is 16.7 Å². The van der Waals surface area contributed by atoms with Crippen molar-refractivity contribution in [1.29, 1.82) is 0 Å². The van der Waals surface area contributed by atoms with Gasteiger partial charge < -0.3 is 24.6 Å². The number of nitrogens with zero attached hydrogens (tertiary/aromatic N) is 2. The first kappa shape index (κ1) is 17.5. The summed E-state index contributed by atoms with van der Waals surface area (Å²) in [7, 11) is 4.70. The van der Waals surface area contributed by atoms with Crippen molar-refractivity contribution in [3.63, 3.8) is 0 Å². The van der Waals surface area contributed by atoms with Crippen LogP contribution >= 0.6 is 0 Å². The number of benzene rings is 1. The molecule has 25 heavy (non-hydrogen) atoms. The zero-order chi connectivity index (χ0) is 17.9. The Morgan fingerprint density at radius 2 is 1.76 bits per heavy atom. The molecule has 2 N–H and O–H groups in total. The molecule has 0 atom stereocenters. The Morgan fingerprint density at radius 1 is 1.04 bits per heavy atom. The molecule has 0 spiro atoms. The molecule has 1 aliphatic carbocycles. The van der Waals surface area contributed by atoms with Gasteiger partial charge in [-0.25, -0.2) is 9.97 Å². The third-order valence-corrected chi connectivity index (χ3v) is 4.80. The normalized spacial score (nSPS) is 16.5. The van der Waals surface area contributed by atoms with Crippen molar-refractivity contribution in [2.45, 2.75) is 37.7 Å². The summed E-state index contributed by atoms with van der Waals surface area (Å²) in [4.78, 5) is 8.68.